The number of hydrogen-bond donors (Lipinski definition) is 3. The summed E-state index contributed by atoms with van der Waals surface area (Å²) in [5.74, 6) is 0.271. The Kier molecular flexibility index (Phi) is 5.65. The molecule has 0 bridgehead atoms. The van der Waals surface area contributed by atoms with Gasteiger partial charge in [-0.3, -0.25) is 0 Å². The highest BCUT2D eigenvalue weighted by atomic mass is 79.9. The van der Waals surface area contributed by atoms with Gasteiger partial charge in [0.15, 0.2) is 6.17 Å². The molecule has 4 rings (SSSR count). The van der Waals surface area contributed by atoms with Crippen molar-refractivity contribution in [2.45, 2.75) is 12.2 Å². The molecule has 0 radical (unpaired) electrons. The first-order valence-electron chi connectivity index (χ1n) is 8.83. The number of phenolic OH excluding ortho intramolecular Hbond substituents is 1. The molecule has 0 aromatic heterocycles. The Labute approximate surface area is 182 Å². The van der Waals surface area contributed by atoms with Gasteiger partial charge in [-0.1, -0.05) is 51.3 Å². The minimum absolute atomic E-state index is 0.0312. The lowest BCUT2D eigenvalue weighted by Crippen LogP contribution is -2.89. The molecule has 3 aromatic carbocycles. The van der Waals surface area contributed by atoms with E-state index in [0.717, 1.165) is 26.9 Å². The highest BCUT2D eigenvalue weighted by Crippen LogP contribution is 2.31. The standard InChI is InChI=1S/C22H17BrCl2N2O/c23-15-5-10-21(28)18(11-15)20-12-19(13-1-6-16(24)7-2-13)26-22(27-20)14-3-8-17(25)9-4-14/h1-12,20,22,26-28H/p+1. The predicted molar refractivity (Wildman–Crippen MR) is 117 cm³/mol. The van der Waals surface area contributed by atoms with Gasteiger partial charge in [0.25, 0.3) is 0 Å². The van der Waals surface area contributed by atoms with E-state index >= 15 is 0 Å². The molecule has 0 aliphatic carbocycles. The number of quaternary nitrogens is 1. The largest absolute Gasteiger partial charge is 0.507 e. The second-order valence-electron chi connectivity index (χ2n) is 6.68. The van der Waals surface area contributed by atoms with Gasteiger partial charge >= 0.3 is 0 Å². The minimum Gasteiger partial charge on any atom is -0.507 e. The van der Waals surface area contributed by atoms with Crippen molar-refractivity contribution in [3.8, 4) is 5.75 Å². The number of benzene rings is 3. The second kappa shape index (κ2) is 8.18. The van der Waals surface area contributed by atoms with Crippen molar-refractivity contribution in [1.82, 2.24) is 5.32 Å². The van der Waals surface area contributed by atoms with Crippen molar-refractivity contribution in [3.63, 3.8) is 0 Å². The molecule has 0 saturated heterocycles. The summed E-state index contributed by atoms with van der Waals surface area (Å²) < 4.78 is 0.928. The summed E-state index contributed by atoms with van der Waals surface area (Å²) >= 11 is 15.6. The fourth-order valence-corrected chi connectivity index (χ4v) is 4.00. The van der Waals surface area contributed by atoms with E-state index < -0.39 is 0 Å². The van der Waals surface area contributed by atoms with Crippen LogP contribution in [0.25, 0.3) is 5.70 Å². The lowest BCUT2D eigenvalue weighted by molar-refractivity contribution is -0.731. The molecular formula is C22H18BrCl2N2O+. The molecular weight excluding hydrogens is 459 g/mol. The van der Waals surface area contributed by atoms with Crippen molar-refractivity contribution < 1.29 is 10.4 Å². The lowest BCUT2D eigenvalue weighted by Gasteiger charge is -2.30. The van der Waals surface area contributed by atoms with Gasteiger partial charge in [-0.05, 0) is 60.2 Å². The van der Waals surface area contributed by atoms with E-state index in [1.54, 1.807) is 6.07 Å². The molecule has 2 unspecified atom stereocenters. The number of phenols is 1. The van der Waals surface area contributed by atoms with Crippen LogP contribution in [0.2, 0.25) is 10.0 Å². The molecule has 0 saturated carbocycles. The fourth-order valence-electron chi connectivity index (χ4n) is 3.37. The van der Waals surface area contributed by atoms with E-state index in [4.69, 9.17) is 23.2 Å². The van der Waals surface area contributed by atoms with Gasteiger partial charge in [-0.2, -0.15) is 0 Å². The summed E-state index contributed by atoms with van der Waals surface area (Å²) in [5, 5.41) is 17.6. The number of hydrogen-bond acceptors (Lipinski definition) is 2. The van der Waals surface area contributed by atoms with Crippen LogP contribution in [0.4, 0.5) is 0 Å². The first-order valence-corrected chi connectivity index (χ1v) is 10.4. The van der Waals surface area contributed by atoms with Gasteiger partial charge in [-0.25, -0.2) is 0 Å². The third-order valence-corrected chi connectivity index (χ3v) is 5.79. The Hall–Kier alpha value is -1.98. The van der Waals surface area contributed by atoms with E-state index in [0.29, 0.717) is 10.0 Å². The summed E-state index contributed by atoms with van der Waals surface area (Å²) in [6.45, 7) is 0. The topological polar surface area (TPSA) is 48.9 Å². The third kappa shape index (κ3) is 4.20. The zero-order valence-corrected chi connectivity index (χ0v) is 17.8. The van der Waals surface area contributed by atoms with Crippen LogP contribution >= 0.6 is 39.1 Å². The molecule has 3 aromatic rings. The van der Waals surface area contributed by atoms with Crippen molar-refractivity contribution in [2.24, 2.45) is 0 Å². The summed E-state index contributed by atoms with van der Waals surface area (Å²) in [7, 11) is 0. The molecule has 2 atom stereocenters. The van der Waals surface area contributed by atoms with E-state index in [1.165, 1.54) is 0 Å². The number of aromatic hydroxyl groups is 1. The summed E-state index contributed by atoms with van der Waals surface area (Å²) in [6.07, 6.45) is 2.09. The van der Waals surface area contributed by atoms with Crippen LogP contribution in [0, 0.1) is 0 Å². The van der Waals surface area contributed by atoms with Gasteiger partial charge in [0, 0.05) is 31.9 Å². The summed E-state index contributed by atoms with van der Waals surface area (Å²) in [6, 6.07) is 21.0. The minimum atomic E-state index is -0.0647. The lowest BCUT2D eigenvalue weighted by atomic mass is 9.98. The fraction of sp³-hybridized carbons (Fsp3) is 0.0909. The molecule has 0 amide bonds. The smallest absolute Gasteiger partial charge is 0.186 e. The molecule has 3 nitrogen and oxygen atoms in total. The average Bonchev–Trinajstić information content (AvgIpc) is 2.70. The SMILES string of the molecule is Oc1ccc(Br)cc1C1C=C(c2ccc(Cl)cc2)NC(c2ccc(Cl)cc2)[NH2+]1. The highest BCUT2D eigenvalue weighted by Gasteiger charge is 2.29. The first kappa shape index (κ1) is 19.3. The average molecular weight is 477 g/mol. The second-order valence-corrected chi connectivity index (χ2v) is 8.47. The van der Waals surface area contributed by atoms with E-state index in [1.807, 2.05) is 60.7 Å². The number of nitrogens with two attached hydrogens (primary N) is 1. The Morgan fingerprint density at radius 3 is 2.21 bits per heavy atom. The molecule has 1 aliphatic heterocycles. The summed E-state index contributed by atoms with van der Waals surface area (Å²) in [5.41, 5.74) is 3.98. The number of rotatable bonds is 3. The van der Waals surface area contributed by atoms with Crippen molar-refractivity contribution in [3.05, 3.63) is 104 Å². The Morgan fingerprint density at radius 2 is 1.54 bits per heavy atom. The van der Waals surface area contributed by atoms with Crippen LogP contribution in [0.15, 0.2) is 77.3 Å². The van der Waals surface area contributed by atoms with Crippen LogP contribution in [0.3, 0.4) is 0 Å². The van der Waals surface area contributed by atoms with Crippen LogP contribution in [-0.2, 0) is 0 Å². The molecule has 1 aliphatic rings. The molecule has 142 valence electrons. The van der Waals surface area contributed by atoms with Crippen molar-refractivity contribution in [2.75, 3.05) is 0 Å². The molecule has 0 fully saturated rings. The van der Waals surface area contributed by atoms with E-state index in [-0.39, 0.29) is 18.0 Å². The monoisotopic (exact) mass is 475 g/mol. The third-order valence-electron chi connectivity index (χ3n) is 4.79. The molecule has 4 N–H and O–H groups in total. The molecule has 6 heteroatoms. The first-order chi connectivity index (χ1) is 13.5. The Bertz CT molecular complexity index is 1020. The zero-order valence-electron chi connectivity index (χ0n) is 14.7. The number of nitrogens with one attached hydrogen (secondary N) is 1. The maximum Gasteiger partial charge on any atom is 0.186 e. The van der Waals surface area contributed by atoms with Crippen molar-refractivity contribution >= 4 is 44.8 Å². The van der Waals surface area contributed by atoms with Gasteiger partial charge < -0.3 is 15.7 Å². The van der Waals surface area contributed by atoms with E-state index in [9.17, 15) is 5.11 Å². The van der Waals surface area contributed by atoms with E-state index in [2.05, 4.69) is 32.6 Å². The van der Waals surface area contributed by atoms with Gasteiger partial charge in [0.05, 0.1) is 5.56 Å². The zero-order chi connectivity index (χ0) is 19.7. The maximum absolute atomic E-state index is 10.4. The Morgan fingerprint density at radius 1 is 0.893 bits per heavy atom. The maximum atomic E-state index is 10.4. The number of halogens is 3. The molecule has 0 spiro atoms. The highest BCUT2D eigenvalue weighted by molar-refractivity contribution is 9.10. The summed E-state index contributed by atoms with van der Waals surface area (Å²) in [4.78, 5) is 0. The Balaban J connectivity index is 1.76. The van der Waals surface area contributed by atoms with Crippen LogP contribution in [0.5, 0.6) is 5.75 Å². The van der Waals surface area contributed by atoms with Crippen LogP contribution < -0.4 is 10.6 Å². The predicted octanol–water partition coefficient (Wildman–Crippen LogP) is 5.41. The van der Waals surface area contributed by atoms with Gasteiger partial charge in [0.2, 0.25) is 0 Å². The molecule has 28 heavy (non-hydrogen) atoms. The quantitative estimate of drug-likeness (QED) is 0.473. The molecule has 1 heterocycles. The van der Waals surface area contributed by atoms with Gasteiger partial charge in [-0.15, -0.1) is 0 Å². The normalized spacial score (nSPS) is 19.0. The van der Waals surface area contributed by atoms with Crippen LogP contribution in [0.1, 0.15) is 28.9 Å². The van der Waals surface area contributed by atoms with Gasteiger partial charge in [0.1, 0.15) is 11.8 Å². The van der Waals surface area contributed by atoms with Crippen molar-refractivity contribution in [1.29, 1.82) is 0 Å². The van der Waals surface area contributed by atoms with Crippen LogP contribution in [-0.4, -0.2) is 5.11 Å².